The quantitative estimate of drug-likeness (QED) is 0.336. The van der Waals surface area contributed by atoms with E-state index in [1.807, 2.05) is 62.4 Å². The number of benzene rings is 2. The van der Waals surface area contributed by atoms with Crippen molar-refractivity contribution in [1.82, 2.24) is 4.98 Å². The van der Waals surface area contributed by atoms with Gasteiger partial charge in [-0.2, -0.15) is 0 Å². The van der Waals surface area contributed by atoms with Crippen LogP contribution in [0.1, 0.15) is 31.5 Å². The second-order valence-corrected chi connectivity index (χ2v) is 6.44. The fourth-order valence-corrected chi connectivity index (χ4v) is 2.67. The first-order valence-corrected chi connectivity index (χ1v) is 9.94. The van der Waals surface area contributed by atoms with E-state index in [1.165, 1.54) is 12.3 Å². The van der Waals surface area contributed by atoms with Crippen LogP contribution in [0.15, 0.2) is 65.3 Å². The highest BCUT2D eigenvalue weighted by Gasteiger charge is 2.09. The van der Waals surface area contributed by atoms with E-state index >= 15 is 0 Å². The summed E-state index contributed by atoms with van der Waals surface area (Å²) >= 11 is 0. The molecule has 1 aromatic heterocycles. The highest BCUT2D eigenvalue weighted by molar-refractivity contribution is 5.87. The number of ether oxygens (including phenoxy) is 3. The molecule has 30 heavy (non-hydrogen) atoms. The minimum absolute atomic E-state index is 0.0352. The van der Waals surface area contributed by atoms with Crippen molar-refractivity contribution in [2.45, 2.75) is 26.9 Å². The Morgan fingerprint density at radius 1 is 1.07 bits per heavy atom. The summed E-state index contributed by atoms with van der Waals surface area (Å²) in [7, 11) is 0. The van der Waals surface area contributed by atoms with Gasteiger partial charge in [-0.3, -0.25) is 0 Å². The van der Waals surface area contributed by atoms with Crippen LogP contribution in [0.4, 0.5) is 0 Å². The number of carbonyl (C=O) groups is 1. The first-order valence-electron chi connectivity index (χ1n) is 9.94. The lowest BCUT2D eigenvalue weighted by Crippen LogP contribution is -2.01. The molecule has 0 saturated carbocycles. The molecule has 0 bridgehead atoms. The van der Waals surface area contributed by atoms with E-state index < -0.39 is 5.97 Å². The molecule has 0 saturated heterocycles. The van der Waals surface area contributed by atoms with Crippen LogP contribution >= 0.6 is 0 Å². The Bertz CT molecular complexity index is 978. The third kappa shape index (κ3) is 5.98. The average Bonchev–Trinajstić information content (AvgIpc) is 3.25. The van der Waals surface area contributed by atoms with Crippen LogP contribution in [0, 0.1) is 0 Å². The van der Waals surface area contributed by atoms with Gasteiger partial charge in [0.05, 0.1) is 13.2 Å². The molecular weight excluding hydrogens is 382 g/mol. The number of rotatable bonds is 10. The Morgan fingerprint density at radius 2 is 1.90 bits per heavy atom. The van der Waals surface area contributed by atoms with Gasteiger partial charge in [-0.05, 0) is 49.2 Å². The van der Waals surface area contributed by atoms with Gasteiger partial charge >= 0.3 is 5.97 Å². The summed E-state index contributed by atoms with van der Waals surface area (Å²) in [6.07, 6.45) is 5.45. The number of oxazole rings is 1. The lowest BCUT2D eigenvalue weighted by molar-refractivity contribution is -0.139. The number of carbonyl (C=O) groups excluding carboxylic acids is 1. The van der Waals surface area contributed by atoms with E-state index in [2.05, 4.69) is 4.98 Å². The largest absolute Gasteiger partial charge is 0.490 e. The molecular formula is C24H25NO5. The maximum atomic E-state index is 12.1. The smallest absolute Gasteiger partial charge is 0.331 e. The number of hydrogen-bond donors (Lipinski definition) is 0. The minimum atomic E-state index is -0.469. The topological polar surface area (TPSA) is 70.8 Å². The third-order valence-corrected chi connectivity index (χ3v) is 4.08. The van der Waals surface area contributed by atoms with Crippen molar-refractivity contribution >= 4 is 12.0 Å². The standard InChI is InChI=1S/C24H25NO5/c1-3-14-28-21-12-10-18(15-22(21)27-4-2)11-13-23(26)29-16-20-17-30-24(25-20)19-8-6-5-7-9-19/h5-13,15,17H,3-4,14,16H2,1-2H3/b13-11+. The zero-order valence-electron chi connectivity index (χ0n) is 17.2. The molecule has 3 rings (SSSR count). The number of esters is 1. The SMILES string of the molecule is CCCOc1ccc(/C=C/C(=O)OCc2coc(-c3ccccc3)n2)cc1OCC. The Balaban J connectivity index is 1.57. The third-order valence-electron chi connectivity index (χ3n) is 4.08. The predicted molar refractivity (Wildman–Crippen MR) is 114 cm³/mol. The molecule has 0 fully saturated rings. The molecule has 0 N–H and O–H groups in total. The van der Waals surface area contributed by atoms with Gasteiger partial charge < -0.3 is 18.6 Å². The van der Waals surface area contributed by atoms with Crippen molar-refractivity contribution in [1.29, 1.82) is 0 Å². The molecule has 3 aromatic rings. The van der Waals surface area contributed by atoms with E-state index in [4.69, 9.17) is 18.6 Å². The first kappa shape index (κ1) is 21.2. The first-order chi connectivity index (χ1) is 14.7. The van der Waals surface area contributed by atoms with Crippen LogP contribution in [0.25, 0.3) is 17.5 Å². The predicted octanol–water partition coefficient (Wildman–Crippen LogP) is 5.29. The molecule has 2 aromatic carbocycles. The normalized spacial score (nSPS) is 10.9. The summed E-state index contributed by atoms with van der Waals surface area (Å²) in [5.74, 6) is 1.37. The maximum Gasteiger partial charge on any atom is 0.331 e. The fourth-order valence-electron chi connectivity index (χ4n) is 2.67. The van der Waals surface area contributed by atoms with Crippen LogP contribution in [0.5, 0.6) is 11.5 Å². The fraction of sp³-hybridized carbons (Fsp3) is 0.250. The lowest BCUT2D eigenvalue weighted by Gasteiger charge is -2.12. The van der Waals surface area contributed by atoms with Gasteiger partial charge in [-0.25, -0.2) is 9.78 Å². The summed E-state index contributed by atoms with van der Waals surface area (Å²) in [5, 5.41) is 0. The van der Waals surface area contributed by atoms with Gasteiger partial charge in [0.15, 0.2) is 11.5 Å². The van der Waals surface area contributed by atoms with Crippen molar-refractivity contribution in [2.75, 3.05) is 13.2 Å². The zero-order chi connectivity index (χ0) is 21.2. The summed E-state index contributed by atoms with van der Waals surface area (Å²) in [4.78, 5) is 16.4. The molecule has 156 valence electrons. The molecule has 0 unspecified atom stereocenters. The van der Waals surface area contributed by atoms with Gasteiger partial charge in [-0.15, -0.1) is 0 Å². The molecule has 0 atom stereocenters. The van der Waals surface area contributed by atoms with Gasteiger partial charge in [0, 0.05) is 11.6 Å². The Labute approximate surface area is 176 Å². The van der Waals surface area contributed by atoms with Crippen LogP contribution in [0.3, 0.4) is 0 Å². The van der Waals surface area contributed by atoms with Gasteiger partial charge in [0.2, 0.25) is 5.89 Å². The number of aromatic nitrogens is 1. The summed E-state index contributed by atoms with van der Waals surface area (Å²) in [6, 6.07) is 15.1. The van der Waals surface area contributed by atoms with Gasteiger partial charge in [0.25, 0.3) is 0 Å². The maximum absolute atomic E-state index is 12.1. The van der Waals surface area contributed by atoms with Crippen LogP contribution in [0.2, 0.25) is 0 Å². The summed E-state index contributed by atoms with van der Waals surface area (Å²) in [6.45, 7) is 5.14. The highest BCUT2D eigenvalue weighted by Crippen LogP contribution is 2.29. The monoisotopic (exact) mass is 407 g/mol. The summed E-state index contributed by atoms with van der Waals surface area (Å²) in [5.41, 5.74) is 2.23. The van der Waals surface area contributed by atoms with Crippen LogP contribution in [-0.2, 0) is 16.1 Å². The Kier molecular flexibility index (Phi) is 7.66. The van der Waals surface area contributed by atoms with Crippen molar-refractivity contribution in [3.8, 4) is 23.0 Å². The van der Waals surface area contributed by atoms with Crippen LogP contribution < -0.4 is 9.47 Å². The van der Waals surface area contributed by atoms with Crippen LogP contribution in [-0.4, -0.2) is 24.2 Å². The molecule has 0 aliphatic heterocycles. The zero-order valence-corrected chi connectivity index (χ0v) is 17.2. The molecule has 0 spiro atoms. The van der Waals surface area contributed by atoms with Crippen molar-refractivity contribution < 1.29 is 23.4 Å². The number of hydrogen-bond acceptors (Lipinski definition) is 6. The van der Waals surface area contributed by atoms with Crippen molar-refractivity contribution in [3.63, 3.8) is 0 Å². The van der Waals surface area contributed by atoms with Crippen molar-refractivity contribution in [3.05, 3.63) is 72.1 Å². The molecule has 6 heteroatoms. The molecule has 0 aliphatic carbocycles. The van der Waals surface area contributed by atoms with E-state index in [0.29, 0.717) is 36.3 Å². The van der Waals surface area contributed by atoms with Crippen molar-refractivity contribution in [2.24, 2.45) is 0 Å². The second-order valence-electron chi connectivity index (χ2n) is 6.44. The van der Waals surface area contributed by atoms with Gasteiger partial charge in [-0.1, -0.05) is 31.2 Å². The van der Waals surface area contributed by atoms with E-state index in [1.54, 1.807) is 6.08 Å². The van der Waals surface area contributed by atoms with E-state index in [9.17, 15) is 4.79 Å². The second kappa shape index (κ2) is 10.9. The molecule has 0 aliphatic rings. The highest BCUT2D eigenvalue weighted by atomic mass is 16.5. The Hall–Kier alpha value is -3.54. The Morgan fingerprint density at radius 3 is 2.67 bits per heavy atom. The molecule has 6 nitrogen and oxygen atoms in total. The molecule has 0 amide bonds. The van der Waals surface area contributed by atoms with E-state index in [0.717, 1.165) is 17.5 Å². The number of nitrogens with zero attached hydrogens (tertiary/aromatic N) is 1. The van der Waals surface area contributed by atoms with Gasteiger partial charge in [0.1, 0.15) is 18.6 Å². The average molecular weight is 407 g/mol. The summed E-state index contributed by atoms with van der Waals surface area (Å²) < 4.78 is 22.0. The molecule has 0 radical (unpaired) electrons. The lowest BCUT2D eigenvalue weighted by atomic mass is 10.2. The van der Waals surface area contributed by atoms with E-state index in [-0.39, 0.29) is 6.61 Å². The molecule has 1 heterocycles. The minimum Gasteiger partial charge on any atom is -0.490 e.